The molecule has 0 aromatic heterocycles. The lowest BCUT2D eigenvalue weighted by Crippen LogP contribution is -2.18. The third kappa shape index (κ3) is 4.29. The number of hydrogen-bond donors (Lipinski definition) is 1. The zero-order valence-electron chi connectivity index (χ0n) is 18.1. The van der Waals surface area contributed by atoms with E-state index in [9.17, 15) is 8.42 Å². The van der Waals surface area contributed by atoms with E-state index in [1.54, 1.807) is 27.4 Å². The largest absolute Gasteiger partial charge is 0.493 e. The molecule has 168 valence electrons. The van der Waals surface area contributed by atoms with E-state index in [2.05, 4.69) is 0 Å². The first-order chi connectivity index (χ1) is 15.3. The third-order valence-electron chi connectivity index (χ3n) is 5.40. The minimum absolute atomic E-state index is 0.258. The minimum Gasteiger partial charge on any atom is -0.493 e. The lowest BCUT2D eigenvalue weighted by atomic mass is 9.86. The van der Waals surface area contributed by atoms with Crippen LogP contribution in [0.3, 0.4) is 0 Å². The Morgan fingerprint density at radius 3 is 2.44 bits per heavy atom. The van der Waals surface area contributed by atoms with Crippen molar-refractivity contribution in [3.63, 3.8) is 0 Å². The Hall–Kier alpha value is -3.07. The average Bonchev–Trinajstić information content (AvgIpc) is 2.77. The van der Waals surface area contributed by atoms with Crippen molar-refractivity contribution in [1.82, 2.24) is 0 Å². The number of ether oxygens (including phenoxy) is 4. The van der Waals surface area contributed by atoms with E-state index in [1.165, 1.54) is 0 Å². The van der Waals surface area contributed by atoms with Crippen LogP contribution in [0.15, 0.2) is 54.6 Å². The van der Waals surface area contributed by atoms with Crippen LogP contribution in [0, 0.1) is 0 Å². The second-order valence-electron chi connectivity index (χ2n) is 7.56. The number of fused-ring (bicyclic) bond motifs is 3. The van der Waals surface area contributed by atoms with E-state index in [0.29, 0.717) is 23.7 Å². The lowest BCUT2D eigenvalue weighted by Gasteiger charge is -2.31. The molecule has 0 bridgehead atoms. The third-order valence-corrected chi connectivity index (χ3v) is 6.14. The number of hydrogen-bond acceptors (Lipinski definition) is 6. The maximum Gasteiger partial charge on any atom is 0.213 e. The quantitative estimate of drug-likeness (QED) is 0.582. The summed E-state index contributed by atoms with van der Waals surface area (Å²) < 4.78 is 46.1. The average molecular weight is 456 g/mol. The SMILES string of the molecule is COCc1cccc2c1-c1ccc(CS(N)(=O)=O)cc1C(c1ccc(OC)c(OC)c1)O2. The molecule has 4 rings (SSSR count). The van der Waals surface area contributed by atoms with Crippen LogP contribution in [-0.2, 0) is 27.1 Å². The number of methoxy groups -OCH3 is 3. The smallest absolute Gasteiger partial charge is 0.213 e. The number of sulfonamides is 1. The second kappa shape index (κ2) is 8.82. The minimum atomic E-state index is -3.68. The van der Waals surface area contributed by atoms with Gasteiger partial charge in [0.25, 0.3) is 0 Å². The first-order valence-corrected chi connectivity index (χ1v) is 11.7. The van der Waals surface area contributed by atoms with Gasteiger partial charge in [-0.1, -0.05) is 36.4 Å². The van der Waals surface area contributed by atoms with Gasteiger partial charge in [0.2, 0.25) is 10.0 Å². The molecule has 1 aliphatic heterocycles. The van der Waals surface area contributed by atoms with Crippen LogP contribution in [-0.4, -0.2) is 29.7 Å². The molecule has 0 radical (unpaired) electrons. The van der Waals surface area contributed by atoms with Gasteiger partial charge in [0.1, 0.15) is 11.9 Å². The molecule has 32 heavy (non-hydrogen) atoms. The molecule has 3 aromatic rings. The van der Waals surface area contributed by atoms with E-state index in [4.69, 9.17) is 24.1 Å². The number of primary sulfonamides is 1. The first-order valence-electron chi connectivity index (χ1n) is 9.97. The topological polar surface area (TPSA) is 97.1 Å². The van der Waals surface area contributed by atoms with Crippen LogP contribution in [0.5, 0.6) is 17.2 Å². The van der Waals surface area contributed by atoms with Gasteiger partial charge in [0, 0.05) is 23.8 Å². The van der Waals surface area contributed by atoms with Gasteiger partial charge in [0.15, 0.2) is 11.5 Å². The zero-order chi connectivity index (χ0) is 22.9. The number of benzene rings is 3. The molecule has 0 spiro atoms. The van der Waals surface area contributed by atoms with Crippen molar-refractivity contribution >= 4 is 10.0 Å². The Labute approximate surface area is 187 Å². The Kier molecular flexibility index (Phi) is 6.10. The van der Waals surface area contributed by atoms with Gasteiger partial charge in [-0.25, -0.2) is 13.6 Å². The van der Waals surface area contributed by atoms with Gasteiger partial charge >= 0.3 is 0 Å². The molecule has 0 saturated carbocycles. The molecular weight excluding hydrogens is 430 g/mol. The first kappa shape index (κ1) is 22.1. The van der Waals surface area contributed by atoms with Gasteiger partial charge in [-0.3, -0.25) is 0 Å². The van der Waals surface area contributed by atoms with Crippen molar-refractivity contribution in [2.45, 2.75) is 18.5 Å². The lowest BCUT2D eigenvalue weighted by molar-refractivity contribution is 0.184. The van der Waals surface area contributed by atoms with Crippen LogP contribution >= 0.6 is 0 Å². The summed E-state index contributed by atoms with van der Waals surface area (Å²) in [5, 5.41) is 5.29. The van der Waals surface area contributed by atoms with Crippen molar-refractivity contribution in [3.8, 4) is 28.4 Å². The van der Waals surface area contributed by atoms with Crippen molar-refractivity contribution in [2.24, 2.45) is 5.14 Å². The Bertz CT molecular complexity index is 1260. The van der Waals surface area contributed by atoms with Crippen molar-refractivity contribution in [2.75, 3.05) is 21.3 Å². The fraction of sp³-hybridized carbons (Fsp3) is 0.250. The number of nitrogens with two attached hydrogens (primary N) is 1. The number of rotatable bonds is 7. The Morgan fingerprint density at radius 2 is 1.75 bits per heavy atom. The van der Waals surface area contributed by atoms with Gasteiger partial charge in [-0.05, 0) is 34.9 Å². The fourth-order valence-corrected chi connectivity index (χ4v) is 4.73. The van der Waals surface area contributed by atoms with E-state index in [0.717, 1.165) is 33.6 Å². The van der Waals surface area contributed by atoms with Crippen molar-refractivity contribution in [3.05, 3.63) is 76.9 Å². The molecule has 8 heteroatoms. The van der Waals surface area contributed by atoms with Crippen LogP contribution < -0.4 is 19.3 Å². The maximum atomic E-state index is 11.7. The van der Waals surface area contributed by atoms with Gasteiger partial charge in [0.05, 0.1) is 26.6 Å². The summed E-state index contributed by atoms with van der Waals surface area (Å²) in [5.74, 6) is 1.66. The summed E-state index contributed by atoms with van der Waals surface area (Å²) in [6, 6.07) is 17.0. The van der Waals surface area contributed by atoms with Crippen molar-refractivity contribution in [1.29, 1.82) is 0 Å². The van der Waals surface area contributed by atoms with Crippen LogP contribution in [0.4, 0.5) is 0 Å². The molecule has 0 fully saturated rings. The normalized spacial score (nSPS) is 14.8. The van der Waals surface area contributed by atoms with Gasteiger partial charge < -0.3 is 18.9 Å². The van der Waals surface area contributed by atoms with Crippen LogP contribution in [0.2, 0.25) is 0 Å². The molecule has 1 atom stereocenters. The highest BCUT2D eigenvalue weighted by atomic mass is 32.2. The maximum absolute atomic E-state index is 11.7. The summed E-state index contributed by atoms with van der Waals surface area (Å²) in [5.41, 5.74) is 5.15. The summed E-state index contributed by atoms with van der Waals surface area (Å²) in [6.45, 7) is 0.423. The fourth-order valence-electron chi connectivity index (χ4n) is 4.09. The second-order valence-corrected chi connectivity index (χ2v) is 9.18. The van der Waals surface area contributed by atoms with Crippen molar-refractivity contribution < 1.29 is 27.4 Å². The van der Waals surface area contributed by atoms with E-state index >= 15 is 0 Å². The molecule has 0 amide bonds. The highest BCUT2D eigenvalue weighted by molar-refractivity contribution is 7.88. The summed E-state index contributed by atoms with van der Waals surface area (Å²) in [7, 11) is 1.12. The summed E-state index contributed by atoms with van der Waals surface area (Å²) in [4.78, 5) is 0. The molecule has 2 N–H and O–H groups in total. The Balaban J connectivity index is 1.91. The van der Waals surface area contributed by atoms with E-state index in [-0.39, 0.29) is 5.75 Å². The summed E-state index contributed by atoms with van der Waals surface area (Å²) in [6.07, 6.45) is -0.476. The summed E-state index contributed by atoms with van der Waals surface area (Å²) >= 11 is 0. The molecule has 7 nitrogen and oxygen atoms in total. The molecular formula is C24H25NO6S. The molecule has 3 aromatic carbocycles. The molecule has 1 aliphatic rings. The van der Waals surface area contributed by atoms with Crippen LogP contribution in [0.1, 0.15) is 28.4 Å². The predicted octanol–water partition coefficient (Wildman–Crippen LogP) is 3.79. The standard InChI is InChI=1S/C24H25NO6S/c1-28-13-17-5-4-6-21-23(17)18-9-7-15(14-32(25,26)27)11-19(18)24(31-21)16-8-10-20(29-2)22(12-16)30-3/h4-12,24H,13-14H2,1-3H3,(H2,25,26,27). The molecule has 1 unspecified atom stereocenters. The molecule has 0 saturated heterocycles. The van der Waals surface area contributed by atoms with Crippen LogP contribution in [0.25, 0.3) is 11.1 Å². The van der Waals surface area contributed by atoms with Gasteiger partial charge in [-0.2, -0.15) is 0 Å². The van der Waals surface area contributed by atoms with E-state index in [1.807, 2.05) is 48.5 Å². The highest BCUT2D eigenvalue weighted by Gasteiger charge is 2.30. The monoisotopic (exact) mass is 455 g/mol. The molecule has 1 heterocycles. The van der Waals surface area contributed by atoms with Gasteiger partial charge in [-0.15, -0.1) is 0 Å². The predicted molar refractivity (Wildman–Crippen MR) is 121 cm³/mol. The Morgan fingerprint density at radius 1 is 0.969 bits per heavy atom. The zero-order valence-corrected chi connectivity index (χ0v) is 18.9. The van der Waals surface area contributed by atoms with E-state index < -0.39 is 16.1 Å². The highest BCUT2D eigenvalue weighted by Crippen LogP contribution is 2.47. The molecule has 0 aliphatic carbocycles.